The van der Waals surface area contributed by atoms with Crippen LogP contribution in [-0.4, -0.2) is 30.7 Å². The van der Waals surface area contributed by atoms with Crippen LogP contribution in [0.25, 0.3) is 0 Å². The minimum absolute atomic E-state index is 0.0415. The Balaban J connectivity index is 1.79. The van der Waals surface area contributed by atoms with E-state index in [-0.39, 0.29) is 17.6 Å². The summed E-state index contributed by atoms with van der Waals surface area (Å²) in [6, 6.07) is 0.161. The first-order valence-electron chi connectivity index (χ1n) is 6.39. The SMILES string of the molecule is CC(C)NC(=O)NCC12CCCC(CN1)C2. The molecule has 1 saturated heterocycles. The molecule has 16 heavy (non-hydrogen) atoms. The molecule has 2 amide bonds. The third-order valence-electron chi connectivity index (χ3n) is 3.72. The van der Waals surface area contributed by atoms with E-state index in [0.717, 1.165) is 19.0 Å². The number of carbonyl (C=O) groups excluding carboxylic acids is 1. The second kappa shape index (κ2) is 4.62. The first kappa shape index (κ1) is 11.7. The van der Waals surface area contributed by atoms with Gasteiger partial charge in [0.15, 0.2) is 0 Å². The van der Waals surface area contributed by atoms with E-state index in [9.17, 15) is 4.79 Å². The zero-order valence-corrected chi connectivity index (χ0v) is 10.3. The van der Waals surface area contributed by atoms with Crippen LogP contribution in [0.5, 0.6) is 0 Å². The number of rotatable bonds is 3. The zero-order chi connectivity index (χ0) is 11.6. The quantitative estimate of drug-likeness (QED) is 0.676. The molecular formula is C12H23N3O. The van der Waals surface area contributed by atoms with E-state index >= 15 is 0 Å². The summed E-state index contributed by atoms with van der Waals surface area (Å²) >= 11 is 0. The molecule has 1 aliphatic carbocycles. The van der Waals surface area contributed by atoms with E-state index in [1.807, 2.05) is 13.8 Å². The van der Waals surface area contributed by atoms with Crippen LogP contribution in [0, 0.1) is 5.92 Å². The second-order valence-corrected chi connectivity index (χ2v) is 5.61. The Hall–Kier alpha value is -0.770. The van der Waals surface area contributed by atoms with Crippen molar-refractivity contribution < 1.29 is 4.79 Å². The minimum atomic E-state index is -0.0415. The average Bonchev–Trinajstić information content (AvgIpc) is 2.51. The van der Waals surface area contributed by atoms with Gasteiger partial charge in [0.25, 0.3) is 0 Å². The normalized spacial score (nSPS) is 32.8. The number of hydrogen-bond acceptors (Lipinski definition) is 2. The van der Waals surface area contributed by atoms with Gasteiger partial charge in [-0.15, -0.1) is 0 Å². The molecule has 0 radical (unpaired) electrons. The highest BCUT2D eigenvalue weighted by atomic mass is 16.2. The molecule has 4 heteroatoms. The predicted octanol–water partition coefficient (Wildman–Crippen LogP) is 1.23. The maximum absolute atomic E-state index is 11.5. The third kappa shape index (κ3) is 2.67. The lowest BCUT2D eigenvalue weighted by Gasteiger charge is -2.33. The summed E-state index contributed by atoms with van der Waals surface area (Å²) in [7, 11) is 0. The molecule has 1 heterocycles. The molecule has 92 valence electrons. The monoisotopic (exact) mass is 225 g/mol. The highest BCUT2D eigenvalue weighted by molar-refractivity contribution is 5.74. The molecule has 2 rings (SSSR count). The molecule has 3 N–H and O–H groups in total. The summed E-state index contributed by atoms with van der Waals surface area (Å²) in [5.41, 5.74) is 0.192. The Labute approximate surface area is 97.6 Å². The van der Waals surface area contributed by atoms with Crippen molar-refractivity contribution in [2.24, 2.45) is 5.92 Å². The van der Waals surface area contributed by atoms with Crippen LogP contribution in [0.3, 0.4) is 0 Å². The van der Waals surface area contributed by atoms with E-state index in [1.54, 1.807) is 0 Å². The first-order valence-corrected chi connectivity index (χ1v) is 6.39. The highest BCUT2D eigenvalue weighted by Crippen LogP contribution is 2.36. The third-order valence-corrected chi connectivity index (χ3v) is 3.72. The molecule has 0 aromatic carbocycles. The smallest absolute Gasteiger partial charge is 0.315 e. The van der Waals surface area contributed by atoms with Gasteiger partial charge in [0.05, 0.1) is 0 Å². The van der Waals surface area contributed by atoms with Gasteiger partial charge in [0.2, 0.25) is 0 Å². The van der Waals surface area contributed by atoms with Gasteiger partial charge in [-0.2, -0.15) is 0 Å². The van der Waals surface area contributed by atoms with Crippen LogP contribution >= 0.6 is 0 Å². The molecule has 1 saturated carbocycles. The molecule has 2 atom stereocenters. The van der Waals surface area contributed by atoms with E-state index < -0.39 is 0 Å². The van der Waals surface area contributed by atoms with Gasteiger partial charge in [-0.1, -0.05) is 6.42 Å². The van der Waals surface area contributed by atoms with Crippen LogP contribution in [0.15, 0.2) is 0 Å². The summed E-state index contributed by atoms with van der Waals surface area (Å²) in [5.74, 6) is 0.837. The van der Waals surface area contributed by atoms with Crippen LogP contribution < -0.4 is 16.0 Å². The Morgan fingerprint density at radius 3 is 3.12 bits per heavy atom. The Bertz CT molecular complexity index is 263. The van der Waals surface area contributed by atoms with Gasteiger partial charge >= 0.3 is 6.03 Å². The van der Waals surface area contributed by atoms with Gasteiger partial charge in [0.1, 0.15) is 0 Å². The summed E-state index contributed by atoms with van der Waals surface area (Å²) in [5, 5.41) is 9.45. The minimum Gasteiger partial charge on any atom is -0.336 e. The molecule has 0 aromatic rings. The van der Waals surface area contributed by atoms with Crippen LogP contribution in [0.2, 0.25) is 0 Å². The van der Waals surface area contributed by atoms with E-state index in [2.05, 4.69) is 16.0 Å². The molecule has 1 aliphatic heterocycles. The Morgan fingerprint density at radius 2 is 2.38 bits per heavy atom. The Morgan fingerprint density at radius 1 is 1.56 bits per heavy atom. The van der Waals surface area contributed by atoms with E-state index in [1.165, 1.54) is 25.7 Å². The molecule has 2 bridgehead atoms. The van der Waals surface area contributed by atoms with Crippen LogP contribution in [-0.2, 0) is 0 Å². The fraction of sp³-hybridized carbons (Fsp3) is 0.917. The molecule has 4 nitrogen and oxygen atoms in total. The number of fused-ring (bicyclic) bond motifs is 2. The van der Waals surface area contributed by atoms with Crippen molar-refractivity contribution in [2.45, 2.75) is 51.1 Å². The average molecular weight is 225 g/mol. The summed E-state index contributed by atoms with van der Waals surface area (Å²) < 4.78 is 0. The van der Waals surface area contributed by atoms with Crippen molar-refractivity contribution in [3.63, 3.8) is 0 Å². The van der Waals surface area contributed by atoms with Gasteiger partial charge in [-0.25, -0.2) is 4.79 Å². The van der Waals surface area contributed by atoms with E-state index in [4.69, 9.17) is 0 Å². The van der Waals surface area contributed by atoms with Gasteiger partial charge < -0.3 is 16.0 Å². The lowest BCUT2D eigenvalue weighted by Crippen LogP contribution is -2.52. The van der Waals surface area contributed by atoms with Gasteiger partial charge in [-0.05, 0) is 45.6 Å². The number of amides is 2. The molecule has 2 aliphatic rings. The van der Waals surface area contributed by atoms with Crippen LogP contribution in [0.1, 0.15) is 39.5 Å². The number of carbonyl (C=O) groups is 1. The number of nitrogens with one attached hydrogen (secondary N) is 3. The molecule has 0 aromatic heterocycles. The van der Waals surface area contributed by atoms with E-state index in [0.29, 0.717) is 0 Å². The second-order valence-electron chi connectivity index (χ2n) is 5.61. The highest BCUT2D eigenvalue weighted by Gasteiger charge is 2.41. The predicted molar refractivity (Wildman–Crippen MR) is 64.4 cm³/mol. The van der Waals surface area contributed by atoms with Crippen molar-refractivity contribution in [1.29, 1.82) is 0 Å². The van der Waals surface area contributed by atoms with Crippen molar-refractivity contribution in [1.82, 2.24) is 16.0 Å². The fourth-order valence-electron chi connectivity index (χ4n) is 2.97. The van der Waals surface area contributed by atoms with Crippen molar-refractivity contribution in [3.8, 4) is 0 Å². The number of hydrogen-bond donors (Lipinski definition) is 3. The molecule has 2 unspecified atom stereocenters. The molecule has 2 fully saturated rings. The van der Waals surface area contributed by atoms with Crippen LogP contribution in [0.4, 0.5) is 4.79 Å². The maximum atomic E-state index is 11.5. The Kier molecular flexibility index (Phi) is 3.38. The zero-order valence-electron chi connectivity index (χ0n) is 10.3. The molecular weight excluding hydrogens is 202 g/mol. The van der Waals surface area contributed by atoms with Gasteiger partial charge in [-0.3, -0.25) is 0 Å². The van der Waals surface area contributed by atoms with Gasteiger partial charge in [0, 0.05) is 18.1 Å². The van der Waals surface area contributed by atoms with Crippen molar-refractivity contribution in [3.05, 3.63) is 0 Å². The lowest BCUT2D eigenvalue weighted by atomic mass is 9.80. The first-order chi connectivity index (χ1) is 7.60. The lowest BCUT2D eigenvalue weighted by molar-refractivity contribution is 0.226. The maximum Gasteiger partial charge on any atom is 0.315 e. The van der Waals surface area contributed by atoms with Crippen molar-refractivity contribution >= 4 is 6.03 Å². The molecule has 0 spiro atoms. The number of urea groups is 1. The summed E-state index contributed by atoms with van der Waals surface area (Å²) in [6.45, 7) is 5.85. The fourth-order valence-corrected chi connectivity index (χ4v) is 2.97. The summed E-state index contributed by atoms with van der Waals surface area (Å²) in [6.07, 6.45) is 5.08. The van der Waals surface area contributed by atoms with Crippen molar-refractivity contribution in [2.75, 3.05) is 13.1 Å². The topological polar surface area (TPSA) is 53.2 Å². The standard InChI is InChI=1S/C12H23N3O/c1-9(2)15-11(16)13-8-12-5-3-4-10(6-12)7-14-12/h9-10,14H,3-8H2,1-2H3,(H2,13,15,16). The largest absolute Gasteiger partial charge is 0.336 e. The summed E-state index contributed by atoms with van der Waals surface area (Å²) in [4.78, 5) is 11.5.